The highest BCUT2D eigenvalue weighted by atomic mass is 32.2. The number of piperazine rings is 1. The second-order valence-corrected chi connectivity index (χ2v) is 10.8. The van der Waals surface area contributed by atoms with Crippen LogP contribution >= 0.6 is 0 Å². The van der Waals surface area contributed by atoms with Crippen molar-refractivity contribution in [3.8, 4) is 0 Å². The molecule has 1 saturated heterocycles. The molecule has 0 saturated carbocycles. The Morgan fingerprint density at radius 1 is 1.14 bits per heavy atom. The molecule has 4 heterocycles. The molecule has 12 nitrogen and oxygen atoms in total. The SMILES string of the molecule is C[C@H]1CN(c2ccc(Nc3ncc4cnn(Cc5nccnc5N(C)S(C)(=O)=O)c4n3)cc2)CCN1. The molecule has 0 bridgehead atoms. The van der Waals surface area contributed by atoms with Gasteiger partial charge in [-0.25, -0.2) is 23.1 Å². The van der Waals surface area contributed by atoms with Crippen molar-refractivity contribution in [2.45, 2.75) is 19.5 Å². The van der Waals surface area contributed by atoms with Crippen LogP contribution in [0, 0.1) is 0 Å². The van der Waals surface area contributed by atoms with Gasteiger partial charge < -0.3 is 15.5 Å². The lowest BCUT2D eigenvalue weighted by molar-refractivity contribution is 0.485. The molecule has 2 N–H and O–H groups in total. The van der Waals surface area contributed by atoms with Gasteiger partial charge in [0, 0.05) is 62.7 Å². The fourth-order valence-corrected chi connectivity index (χ4v) is 4.59. The van der Waals surface area contributed by atoms with Crippen LogP contribution in [-0.4, -0.2) is 77.1 Å². The maximum atomic E-state index is 12.0. The van der Waals surface area contributed by atoms with Crippen molar-refractivity contribution in [2.24, 2.45) is 0 Å². The summed E-state index contributed by atoms with van der Waals surface area (Å²) in [6.45, 7) is 5.32. The maximum Gasteiger partial charge on any atom is 0.233 e. The summed E-state index contributed by atoms with van der Waals surface area (Å²) in [5.41, 5.74) is 3.11. The normalized spacial score (nSPS) is 16.3. The zero-order valence-corrected chi connectivity index (χ0v) is 21.1. The van der Waals surface area contributed by atoms with E-state index in [1.54, 1.807) is 17.1 Å². The summed E-state index contributed by atoms with van der Waals surface area (Å²) < 4.78 is 26.8. The third-order valence-corrected chi connectivity index (χ3v) is 7.25. The summed E-state index contributed by atoms with van der Waals surface area (Å²) in [6.07, 6.45) is 7.47. The number of fused-ring (bicyclic) bond motifs is 1. The second-order valence-electron chi connectivity index (χ2n) is 8.80. The van der Waals surface area contributed by atoms with Gasteiger partial charge in [-0.2, -0.15) is 10.1 Å². The van der Waals surface area contributed by atoms with Crippen molar-refractivity contribution in [3.05, 3.63) is 54.7 Å². The zero-order chi connectivity index (χ0) is 25.3. The molecule has 1 atom stereocenters. The van der Waals surface area contributed by atoms with Crippen molar-refractivity contribution in [1.82, 2.24) is 35.0 Å². The van der Waals surface area contributed by atoms with Crippen LogP contribution < -0.4 is 19.8 Å². The molecule has 4 aromatic rings. The Bertz CT molecular complexity index is 1470. The summed E-state index contributed by atoms with van der Waals surface area (Å²) in [6, 6.07) is 8.68. The second kappa shape index (κ2) is 9.66. The predicted octanol–water partition coefficient (Wildman–Crippen LogP) is 1.60. The Hall–Kier alpha value is -3.84. The minimum Gasteiger partial charge on any atom is -0.369 e. The molecule has 36 heavy (non-hydrogen) atoms. The average molecular weight is 509 g/mol. The minimum absolute atomic E-state index is 0.195. The molecule has 0 aliphatic carbocycles. The number of sulfonamides is 1. The van der Waals surface area contributed by atoms with E-state index < -0.39 is 10.0 Å². The van der Waals surface area contributed by atoms with Crippen LogP contribution in [0.2, 0.25) is 0 Å². The third kappa shape index (κ3) is 5.06. The number of hydrogen-bond acceptors (Lipinski definition) is 10. The molecule has 1 aliphatic heterocycles. The molecule has 13 heteroatoms. The van der Waals surface area contributed by atoms with Gasteiger partial charge in [-0.1, -0.05) is 0 Å². The Morgan fingerprint density at radius 3 is 2.67 bits per heavy atom. The number of nitrogens with one attached hydrogen (secondary N) is 2. The smallest absolute Gasteiger partial charge is 0.233 e. The fourth-order valence-electron chi connectivity index (χ4n) is 4.13. The Balaban J connectivity index is 1.36. The van der Waals surface area contributed by atoms with E-state index in [1.807, 2.05) is 12.1 Å². The number of benzene rings is 1. The molecule has 0 radical (unpaired) electrons. The van der Waals surface area contributed by atoms with Crippen molar-refractivity contribution >= 4 is 44.2 Å². The highest BCUT2D eigenvalue weighted by Crippen LogP contribution is 2.23. The molecule has 1 aromatic carbocycles. The van der Waals surface area contributed by atoms with Crippen LogP contribution in [0.25, 0.3) is 11.0 Å². The molecule has 0 amide bonds. The van der Waals surface area contributed by atoms with Crippen molar-refractivity contribution in [3.63, 3.8) is 0 Å². The zero-order valence-electron chi connectivity index (χ0n) is 20.3. The Labute approximate surface area is 209 Å². The van der Waals surface area contributed by atoms with Crippen LogP contribution in [0.5, 0.6) is 0 Å². The standard InChI is InChI=1S/C23H28N10O2S/c1-16-14-32(11-10-24-16)19-6-4-18(5-7-19)29-23-27-12-17-13-28-33(21(17)30-23)15-20-22(26-9-8-25-20)31(2)36(3,34)35/h4-9,12-13,16,24H,10-11,14-15H2,1-3H3,(H,27,29,30)/t16-/m0/s1. The molecule has 0 spiro atoms. The van der Waals surface area contributed by atoms with Crippen LogP contribution in [-0.2, 0) is 16.6 Å². The molecule has 1 fully saturated rings. The van der Waals surface area contributed by atoms with E-state index in [4.69, 9.17) is 0 Å². The van der Waals surface area contributed by atoms with Gasteiger partial charge >= 0.3 is 0 Å². The first kappa shape index (κ1) is 23.9. The number of rotatable bonds is 7. The van der Waals surface area contributed by atoms with Gasteiger partial charge in [0.25, 0.3) is 0 Å². The highest BCUT2D eigenvalue weighted by molar-refractivity contribution is 7.92. The topological polar surface area (TPSA) is 134 Å². The first-order valence-electron chi connectivity index (χ1n) is 11.6. The molecular formula is C23H28N10O2S. The first-order valence-corrected chi connectivity index (χ1v) is 13.4. The van der Waals surface area contributed by atoms with E-state index >= 15 is 0 Å². The summed E-state index contributed by atoms with van der Waals surface area (Å²) in [5.74, 6) is 0.676. The van der Waals surface area contributed by atoms with Crippen LogP contribution in [0.15, 0.2) is 49.1 Å². The highest BCUT2D eigenvalue weighted by Gasteiger charge is 2.20. The lowest BCUT2D eigenvalue weighted by Crippen LogP contribution is -2.49. The van der Waals surface area contributed by atoms with Gasteiger partial charge in [0.05, 0.1) is 24.4 Å². The van der Waals surface area contributed by atoms with Gasteiger partial charge in [0.1, 0.15) is 5.69 Å². The molecule has 3 aromatic heterocycles. The summed E-state index contributed by atoms with van der Waals surface area (Å²) in [4.78, 5) is 20.0. The number of aromatic nitrogens is 6. The van der Waals surface area contributed by atoms with Crippen molar-refractivity contribution in [1.29, 1.82) is 0 Å². The minimum atomic E-state index is -3.49. The fraction of sp³-hybridized carbons (Fsp3) is 0.348. The van der Waals surface area contributed by atoms with Crippen molar-refractivity contribution in [2.75, 3.05) is 47.5 Å². The lowest BCUT2D eigenvalue weighted by Gasteiger charge is -2.33. The van der Waals surface area contributed by atoms with E-state index in [2.05, 4.69) is 59.6 Å². The first-order chi connectivity index (χ1) is 17.3. The number of anilines is 4. The molecular weight excluding hydrogens is 480 g/mol. The van der Waals surface area contributed by atoms with E-state index in [9.17, 15) is 8.42 Å². The van der Waals surface area contributed by atoms with Gasteiger partial charge in [-0.15, -0.1) is 0 Å². The summed E-state index contributed by atoms with van der Waals surface area (Å²) in [5, 5.41) is 11.9. The number of nitrogens with zero attached hydrogens (tertiary/aromatic N) is 8. The van der Waals surface area contributed by atoms with E-state index in [0.717, 1.165) is 41.3 Å². The lowest BCUT2D eigenvalue weighted by atomic mass is 10.2. The van der Waals surface area contributed by atoms with Gasteiger partial charge in [-0.3, -0.25) is 9.29 Å². The van der Waals surface area contributed by atoms with E-state index in [0.29, 0.717) is 23.3 Å². The molecule has 188 valence electrons. The van der Waals surface area contributed by atoms with Crippen LogP contribution in [0.3, 0.4) is 0 Å². The van der Waals surface area contributed by atoms with Gasteiger partial charge in [0.2, 0.25) is 16.0 Å². The van der Waals surface area contributed by atoms with E-state index in [1.165, 1.54) is 25.1 Å². The largest absolute Gasteiger partial charge is 0.369 e. The monoisotopic (exact) mass is 508 g/mol. The quantitative estimate of drug-likeness (QED) is 0.379. The summed E-state index contributed by atoms with van der Waals surface area (Å²) >= 11 is 0. The summed E-state index contributed by atoms with van der Waals surface area (Å²) in [7, 11) is -2.05. The van der Waals surface area contributed by atoms with Crippen molar-refractivity contribution < 1.29 is 8.42 Å². The average Bonchev–Trinajstić information content (AvgIpc) is 3.26. The molecule has 5 rings (SSSR count). The maximum absolute atomic E-state index is 12.0. The van der Waals surface area contributed by atoms with Crippen LogP contribution in [0.4, 0.5) is 23.1 Å². The van der Waals surface area contributed by atoms with E-state index in [-0.39, 0.29) is 12.4 Å². The number of hydrogen-bond donors (Lipinski definition) is 2. The Kier molecular flexibility index (Phi) is 6.41. The van der Waals surface area contributed by atoms with Gasteiger partial charge in [0.15, 0.2) is 11.5 Å². The molecule has 0 unspecified atom stereocenters. The van der Waals surface area contributed by atoms with Gasteiger partial charge in [-0.05, 0) is 31.2 Å². The molecule has 1 aliphatic rings. The Morgan fingerprint density at radius 2 is 1.92 bits per heavy atom. The van der Waals surface area contributed by atoms with Crippen LogP contribution in [0.1, 0.15) is 12.6 Å². The third-order valence-electron chi connectivity index (χ3n) is 6.08. The predicted molar refractivity (Wildman–Crippen MR) is 139 cm³/mol.